The minimum Gasteiger partial charge on any atom is -0.496 e. The third-order valence-corrected chi connectivity index (χ3v) is 4.87. The zero-order valence-electron chi connectivity index (χ0n) is 13.1. The third kappa shape index (κ3) is 3.42. The molecule has 25 heavy (non-hydrogen) atoms. The van der Waals surface area contributed by atoms with E-state index < -0.39 is 5.97 Å². The number of carbonyl (C=O) groups is 2. The summed E-state index contributed by atoms with van der Waals surface area (Å²) in [6.07, 6.45) is 1.72. The number of ether oxygens (including phenoxy) is 1. The van der Waals surface area contributed by atoms with Crippen LogP contribution in [0.5, 0.6) is 5.75 Å². The zero-order chi connectivity index (χ0) is 18.0. The molecule has 3 rings (SSSR count). The van der Waals surface area contributed by atoms with E-state index in [1.54, 1.807) is 25.3 Å². The number of carboxylic acid groups (broad SMARTS) is 1. The van der Waals surface area contributed by atoms with Crippen molar-refractivity contribution < 1.29 is 19.4 Å². The van der Waals surface area contributed by atoms with Crippen LogP contribution < -0.4 is 9.64 Å². The summed E-state index contributed by atoms with van der Waals surface area (Å²) in [4.78, 5) is 25.7. The number of nitrogens with zero attached hydrogens (tertiary/aromatic N) is 1. The zero-order valence-corrected chi connectivity index (χ0v) is 14.8. The van der Waals surface area contributed by atoms with Crippen LogP contribution in [-0.2, 0) is 4.79 Å². The first kappa shape index (κ1) is 17.2. The summed E-state index contributed by atoms with van der Waals surface area (Å²) in [5, 5.41) is 9.12. The lowest BCUT2D eigenvalue weighted by atomic mass is 10.1. The summed E-state index contributed by atoms with van der Waals surface area (Å²) in [6.45, 7) is 0. The first-order valence-electron chi connectivity index (χ1n) is 7.25. The predicted molar refractivity (Wildman–Crippen MR) is 102 cm³/mol. The Morgan fingerprint density at radius 1 is 1.24 bits per heavy atom. The van der Waals surface area contributed by atoms with Crippen LogP contribution in [0.15, 0.2) is 53.4 Å². The van der Waals surface area contributed by atoms with Crippen molar-refractivity contribution in [3.63, 3.8) is 0 Å². The van der Waals surface area contributed by atoms with Gasteiger partial charge in [0.05, 0.1) is 23.3 Å². The summed E-state index contributed by atoms with van der Waals surface area (Å²) in [5.41, 5.74) is 1.30. The molecule has 2 aromatic carbocycles. The summed E-state index contributed by atoms with van der Waals surface area (Å²) in [7, 11) is 1.56. The van der Waals surface area contributed by atoms with Crippen molar-refractivity contribution in [2.75, 3.05) is 12.0 Å². The Balaban J connectivity index is 1.97. The number of methoxy groups -OCH3 is 1. The molecule has 1 aliphatic rings. The fraction of sp³-hybridized carbons (Fsp3) is 0.0556. The maximum atomic E-state index is 12.8. The van der Waals surface area contributed by atoms with Gasteiger partial charge in [-0.3, -0.25) is 9.69 Å². The molecule has 7 heteroatoms. The van der Waals surface area contributed by atoms with Gasteiger partial charge >= 0.3 is 5.97 Å². The summed E-state index contributed by atoms with van der Waals surface area (Å²) in [5.74, 6) is -0.694. The molecular weight excluding hydrogens is 358 g/mol. The van der Waals surface area contributed by atoms with Gasteiger partial charge in [0.2, 0.25) is 0 Å². The molecule has 1 heterocycles. The third-order valence-electron chi connectivity index (χ3n) is 3.57. The van der Waals surface area contributed by atoms with Crippen molar-refractivity contribution in [2.24, 2.45) is 0 Å². The van der Waals surface area contributed by atoms with Crippen LogP contribution >= 0.6 is 24.0 Å². The molecule has 0 spiro atoms. The van der Waals surface area contributed by atoms with Crippen molar-refractivity contribution in [1.82, 2.24) is 0 Å². The molecule has 1 N–H and O–H groups in total. The molecule has 1 fully saturated rings. The molecule has 0 radical (unpaired) electrons. The maximum Gasteiger partial charge on any atom is 0.335 e. The monoisotopic (exact) mass is 371 g/mol. The molecule has 5 nitrogen and oxygen atoms in total. The number of anilines is 1. The second kappa shape index (κ2) is 7.08. The van der Waals surface area contributed by atoms with Crippen LogP contribution in [0.4, 0.5) is 5.69 Å². The van der Waals surface area contributed by atoms with E-state index in [9.17, 15) is 9.59 Å². The van der Waals surface area contributed by atoms with Gasteiger partial charge in [-0.15, -0.1) is 0 Å². The number of hydrogen-bond acceptors (Lipinski definition) is 5. The Morgan fingerprint density at radius 3 is 2.72 bits per heavy atom. The quantitative estimate of drug-likeness (QED) is 0.651. The van der Waals surface area contributed by atoms with Crippen molar-refractivity contribution in [2.45, 2.75) is 0 Å². The minimum absolute atomic E-state index is 0.0975. The standard InChI is InChI=1S/C18H13NO4S2/c1-23-14-8-3-2-5-11(14)10-15-16(20)19(18(24)25-15)13-7-4-6-12(9-13)17(21)22/h2-10H,1H3,(H,21,22). The molecule has 1 saturated heterocycles. The molecule has 0 aromatic heterocycles. The maximum absolute atomic E-state index is 12.8. The van der Waals surface area contributed by atoms with Gasteiger partial charge in [-0.25, -0.2) is 4.79 Å². The minimum atomic E-state index is -1.06. The van der Waals surface area contributed by atoms with Crippen LogP contribution in [0.25, 0.3) is 6.08 Å². The van der Waals surface area contributed by atoms with Gasteiger partial charge in [-0.1, -0.05) is 48.2 Å². The van der Waals surface area contributed by atoms with Gasteiger partial charge in [-0.2, -0.15) is 0 Å². The average molecular weight is 371 g/mol. The van der Waals surface area contributed by atoms with Crippen LogP contribution in [0, 0.1) is 0 Å². The molecule has 0 saturated carbocycles. The Kier molecular flexibility index (Phi) is 4.87. The molecule has 126 valence electrons. The normalized spacial score (nSPS) is 15.7. The van der Waals surface area contributed by atoms with E-state index in [1.165, 1.54) is 28.8 Å². The Bertz CT molecular complexity index is 907. The van der Waals surface area contributed by atoms with Gasteiger partial charge < -0.3 is 9.84 Å². The number of carboxylic acids is 1. The summed E-state index contributed by atoms with van der Waals surface area (Å²) in [6, 6.07) is 13.5. The topological polar surface area (TPSA) is 66.8 Å². The lowest BCUT2D eigenvalue weighted by molar-refractivity contribution is -0.113. The van der Waals surface area contributed by atoms with E-state index in [4.69, 9.17) is 22.1 Å². The van der Waals surface area contributed by atoms with E-state index >= 15 is 0 Å². The highest BCUT2D eigenvalue weighted by Crippen LogP contribution is 2.37. The largest absolute Gasteiger partial charge is 0.496 e. The number of carbonyl (C=O) groups excluding carboxylic acids is 1. The van der Waals surface area contributed by atoms with Crippen LogP contribution in [0.1, 0.15) is 15.9 Å². The number of aromatic carboxylic acids is 1. The predicted octanol–water partition coefficient (Wildman–Crippen LogP) is 3.80. The Labute approximate surface area is 153 Å². The van der Waals surface area contributed by atoms with Gasteiger partial charge in [0, 0.05) is 5.56 Å². The Morgan fingerprint density at radius 2 is 2.00 bits per heavy atom. The van der Waals surface area contributed by atoms with Crippen molar-refractivity contribution in [3.8, 4) is 5.75 Å². The van der Waals surface area contributed by atoms with E-state index in [0.29, 0.717) is 20.7 Å². The molecule has 0 bridgehead atoms. The smallest absolute Gasteiger partial charge is 0.335 e. The van der Waals surface area contributed by atoms with Gasteiger partial charge in [0.1, 0.15) is 5.75 Å². The highest BCUT2D eigenvalue weighted by atomic mass is 32.2. The number of hydrogen-bond donors (Lipinski definition) is 1. The molecule has 1 aliphatic heterocycles. The van der Waals surface area contributed by atoms with Gasteiger partial charge in [0.25, 0.3) is 5.91 Å². The number of para-hydroxylation sites is 1. The first-order chi connectivity index (χ1) is 12.0. The summed E-state index contributed by atoms with van der Waals surface area (Å²) < 4.78 is 5.65. The second-order valence-corrected chi connectivity index (χ2v) is 6.79. The van der Waals surface area contributed by atoms with Crippen molar-refractivity contribution in [3.05, 3.63) is 64.6 Å². The van der Waals surface area contributed by atoms with E-state index in [2.05, 4.69) is 0 Å². The van der Waals surface area contributed by atoms with Gasteiger partial charge in [-0.05, 0) is 30.3 Å². The number of benzene rings is 2. The molecule has 1 amide bonds. The number of rotatable bonds is 4. The van der Waals surface area contributed by atoms with Crippen molar-refractivity contribution in [1.29, 1.82) is 0 Å². The lowest BCUT2D eigenvalue weighted by Crippen LogP contribution is -2.27. The van der Waals surface area contributed by atoms with E-state index in [0.717, 1.165) is 5.56 Å². The molecular formula is C18H13NO4S2. The first-order valence-corrected chi connectivity index (χ1v) is 8.48. The van der Waals surface area contributed by atoms with Crippen LogP contribution in [-0.4, -0.2) is 28.4 Å². The van der Waals surface area contributed by atoms with Crippen LogP contribution in [0.2, 0.25) is 0 Å². The van der Waals surface area contributed by atoms with Crippen molar-refractivity contribution >= 4 is 51.9 Å². The molecule has 0 atom stereocenters. The van der Waals surface area contributed by atoms with Gasteiger partial charge in [0.15, 0.2) is 4.32 Å². The Hall–Kier alpha value is -2.64. The SMILES string of the molecule is COc1ccccc1C=C1SC(=S)N(c2cccc(C(=O)O)c2)C1=O. The van der Waals surface area contributed by atoms with Crippen LogP contribution in [0.3, 0.4) is 0 Å². The molecule has 0 unspecified atom stereocenters. The van der Waals surface area contributed by atoms with E-state index in [-0.39, 0.29) is 11.5 Å². The number of amides is 1. The van der Waals surface area contributed by atoms with E-state index in [1.807, 2.05) is 24.3 Å². The summed E-state index contributed by atoms with van der Waals surface area (Å²) >= 11 is 6.48. The second-order valence-electron chi connectivity index (χ2n) is 5.11. The fourth-order valence-corrected chi connectivity index (χ4v) is 3.69. The number of thiocarbonyl (C=S) groups is 1. The highest BCUT2D eigenvalue weighted by molar-refractivity contribution is 8.27. The number of thioether (sulfide) groups is 1. The molecule has 2 aromatic rings. The fourth-order valence-electron chi connectivity index (χ4n) is 2.40. The molecule has 0 aliphatic carbocycles. The highest BCUT2D eigenvalue weighted by Gasteiger charge is 2.33. The lowest BCUT2D eigenvalue weighted by Gasteiger charge is -2.14. The average Bonchev–Trinajstić information content (AvgIpc) is 2.89.